The van der Waals surface area contributed by atoms with Crippen LogP contribution in [0.15, 0.2) is 36.4 Å². The fourth-order valence-corrected chi connectivity index (χ4v) is 3.17. The Morgan fingerprint density at radius 3 is 1.70 bits per heavy atom. The molecule has 2 aromatic carbocycles. The molecule has 2 rings (SSSR count). The average molecular weight is 376 g/mol. The predicted octanol–water partition coefficient (Wildman–Crippen LogP) is 3.31. The summed E-state index contributed by atoms with van der Waals surface area (Å²) in [7, 11) is 6.29. The highest BCUT2D eigenvalue weighted by atomic mass is 16.5. The van der Waals surface area contributed by atoms with Crippen molar-refractivity contribution in [2.24, 2.45) is 0 Å². The van der Waals surface area contributed by atoms with Crippen LogP contribution in [-0.4, -0.2) is 45.3 Å². The van der Waals surface area contributed by atoms with Gasteiger partial charge in [-0.05, 0) is 48.2 Å². The Morgan fingerprint density at radius 1 is 0.741 bits per heavy atom. The first-order valence-electron chi connectivity index (χ1n) is 8.82. The maximum atomic E-state index is 11.1. The minimum absolute atomic E-state index is 0.0580. The van der Waals surface area contributed by atoms with Gasteiger partial charge in [0.25, 0.3) is 0 Å². The van der Waals surface area contributed by atoms with Gasteiger partial charge in [0.1, 0.15) is 0 Å². The van der Waals surface area contributed by atoms with Crippen LogP contribution in [0.2, 0.25) is 0 Å². The van der Waals surface area contributed by atoms with Gasteiger partial charge in [-0.3, -0.25) is 0 Å². The van der Waals surface area contributed by atoms with Crippen molar-refractivity contribution >= 4 is 0 Å². The molecular weight excluding hydrogens is 348 g/mol. The van der Waals surface area contributed by atoms with Gasteiger partial charge in [0.15, 0.2) is 23.0 Å². The first-order valence-corrected chi connectivity index (χ1v) is 8.82. The normalized spacial score (nSPS) is 13.0. The Labute approximate surface area is 160 Å². The lowest BCUT2D eigenvalue weighted by Gasteiger charge is -2.25. The fraction of sp³-hybridized carbons (Fsp3) is 0.429. The molecule has 0 spiro atoms. The molecule has 0 fully saturated rings. The highest BCUT2D eigenvalue weighted by Crippen LogP contribution is 2.40. The van der Waals surface area contributed by atoms with Gasteiger partial charge >= 0.3 is 0 Å². The van der Waals surface area contributed by atoms with Crippen LogP contribution < -0.4 is 18.9 Å². The van der Waals surface area contributed by atoms with Crippen LogP contribution >= 0.6 is 0 Å². The molecule has 0 aromatic heterocycles. The standard InChI is InChI=1S/C21H28O6/c1-24-17-9-7-14(12-19(17)26-3)16(6-5-11-22)21(23)15-8-10-18(25-2)20(13-15)27-4/h7-10,12-13,16,21-23H,5-6,11H2,1-4H3/t16-,21+/m0/s1. The van der Waals surface area contributed by atoms with Gasteiger partial charge in [0, 0.05) is 12.5 Å². The topological polar surface area (TPSA) is 77.4 Å². The van der Waals surface area contributed by atoms with E-state index < -0.39 is 6.10 Å². The van der Waals surface area contributed by atoms with Crippen LogP contribution in [0, 0.1) is 0 Å². The third kappa shape index (κ3) is 4.84. The summed E-state index contributed by atoms with van der Waals surface area (Å²) in [6.45, 7) is 0.0580. The molecule has 6 heteroatoms. The van der Waals surface area contributed by atoms with Crippen LogP contribution in [0.5, 0.6) is 23.0 Å². The minimum Gasteiger partial charge on any atom is -0.493 e. The molecule has 0 aliphatic heterocycles. The van der Waals surface area contributed by atoms with E-state index in [1.54, 1.807) is 40.6 Å². The van der Waals surface area contributed by atoms with Gasteiger partial charge < -0.3 is 29.2 Å². The monoisotopic (exact) mass is 376 g/mol. The number of aliphatic hydroxyl groups excluding tert-OH is 2. The molecular formula is C21H28O6. The first-order chi connectivity index (χ1) is 13.1. The molecule has 0 saturated carbocycles. The molecule has 2 atom stereocenters. The average Bonchev–Trinajstić information content (AvgIpc) is 2.72. The van der Waals surface area contributed by atoms with E-state index in [0.29, 0.717) is 41.4 Å². The summed E-state index contributed by atoms with van der Waals surface area (Å²) in [4.78, 5) is 0. The zero-order chi connectivity index (χ0) is 19.8. The molecule has 148 valence electrons. The summed E-state index contributed by atoms with van der Waals surface area (Å²) in [6, 6.07) is 11.0. The van der Waals surface area contributed by atoms with Gasteiger partial charge in [0.2, 0.25) is 0 Å². The number of hydrogen-bond donors (Lipinski definition) is 2. The summed E-state index contributed by atoms with van der Waals surface area (Å²) in [5.41, 5.74) is 1.62. The zero-order valence-corrected chi connectivity index (χ0v) is 16.3. The fourth-order valence-electron chi connectivity index (χ4n) is 3.17. The van der Waals surface area contributed by atoms with Crippen molar-refractivity contribution < 1.29 is 29.2 Å². The maximum Gasteiger partial charge on any atom is 0.161 e. The number of hydrogen-bond acceptors (Lipinski definition) is 6. The van der Waals surface area contributed by atoms with Gasteiger partial charge in [-0.1, -0.05) is 12.1 Å². The third-order valence-corrected chi connectivity index (χ3v) is 4.64. The van der Waals surface area contributed by atoms with E-state index >= 15 is 0 Å². The quantitative estimate of drug-likeness (QED) is 0.662. The van der Waals surface area contributed by atoms with E-state index in [1.165, 1.54) is 0 Å². The number of aliphatic hydroxyl groups is 2. The van der Waals surface area contributed by atoms with Crippen molar-refractivity contribution in [1.82, 2.24) is 0 Å². The van der Waals surface area contributed by atoms with E-state index in [-0.39, 0.29) is 12.5 Å². The van der Waals surface area contributed by atoms with Crippen molar-refractivity contribution in [3.63, 3.8) is 0 Å². The molecule has 0 radical (unpaired) electrons. The summed E-state index contributed by atoms with van der Waals surface area (Å²) in [6.07, 6.45) is 0.402. The van der Waals surface area contributed by atoms with Crippen LogP contribution in [0.1, 0.15) is 36.0 Å². The van der Waals surface area contributed by atoms with Crippen molar-refractivity contribution in [1.29, 1.82) is 0 Å². The summed E-state index contributed by atoms with van der Waals surface area (Å²) < 4.78 is 21.3. The lowest BCUT2D eigenvalue weighted by atomic mass is 9.85. The molecule has 2 aromatic rings. The SMILES string of the molecule is COc1ccc([C@@H](O)[C@@H](CCCO)c2ccc(OC)c(OC)c2)cc1OC. The zero-order valence-electron chi connectivity index (χ0n) is 16.3. The molecule has 0 saturated heterocycles. The van der Waals surface area contributed by atoms with Gasteiger partial charge in [-0.15, -0.1) is 0 Å². The molecule has 6 nitrogen and oxygen atoms in total. The summed E-state index contributed by atoms with van der Waals surface area (Å²) >= 11 is 0. The third-order valence-electron chi connectivity index (χ3n) is 4.64. The van der Waals surface area contributed by atoms with E-state index in [4.69, 9.17) is 18.9 Å². The Morgan fingerprint density at radius 2 is 1.22 bits per heavy atom. The van der Waals surface area contributed by atoms with Crippen molar-refractivity contribution in [2.45, 2.75) is 24.9 Å². The second kappa shape index (κ2) is 10.0. The molecule has 0 unspecified atom stereocenters. The van der Waals surface area contributed by atoms with E-state index in [0.717, 1.165) is 5.56 Å². The van der Waals surface area contributed by atoms with E-state index in [1.807, 2.05) is 24.3 Å². The Balaban J connectivity index is 2.40. The second-order valence-electron chi connectivity index (χ2n) is 6.15. The Kier molecular flexibility index (Phi) is 7.76. The molecule has 0 aliphatic carbocycles. The van der Waals surface area contributed by atoms with Gasteiger partial charge in [-0.2, -0.15) is 0 Å². The van der Waals surface area contributed by atoms with Crippen LogP contribution in [0.3, 0.4) is 0 Å². The largest absolute Gasteiger partial charge is 0.493 e. The molecule has 0 amide bonds. The Bertz CT molecular complexity index is 731. The number of benzene rings is 2. The molecule has 0 bridgehead atoms. The highest BCUT2D eigenvalue weighted by molar-refractivity contribution is 5.46. The number of methoxy groups -OCH3 is 4. The van der Waals surface area contributed by atoms with Crippen LogP contribution in [0.4, 0.5) is 0 Å². The second-order valence-corrected chi connectivity index (χ2v) is 6.15. The van der Waals surface area contributed by atoms with Crippen molar-refractivity contribution in [3.8, 4) is 23.0 Å². The summed E-state index contributed by atoms with van der Waals surface area (Å²) in [5.74, 6) is 2.16. The van der Waals surface area contributed by atoms with E-state index in [9.17, 15) is 10.2 Å². The smallest absolute Gasteiger partial charge is 0.161 e. The molecule has 0 heterocycles. The molecule has 0 aliphatic rings. The van der Waals surface area contributed by atoms with Crippen LogP contribution in [-0.2, 0) is 0 Å². The lowest BCUT2D eigenvalue weighted by Crippen LogP contribution is -2.12. The van der Waals surface area contributed by atoms with Gasteiger partial charge in [-0.25, -0.2) is 0 Å². The molecule has 27 heavy (non-hydrogen) atoms. The number of rotatable bonds is 10. The van der Waals surface area contributed by atoms with E-state index in [2.05, 4.69) is 0 Å². The predicted molar refractivity (Wildman–Crippen MR) is 103 cm³/mol. The first kappa shape index (κ1) is 20.9. The lowest BCUT2D eigenvalue weighted by molar-refractivity contribution is 0.134. The number of ether oxygens (including phenoxy) is 4. The van der Waals surface area contributed by atoms with Crippen LogP contribution in [0.25, 0.3) is 0 Å². The Hall–Kier alpha value is -2.44. The van der Waals surface area contributed by atoms with Gasteiger partial charge in [0.05, 0.1) is 34.5 Å². The highest BCUT2D eigenvalue weighted by Gasteiger charge is 2.25. The van der Waals surface area contributed by atoms with Crippen molar-refractivity contribution in [2.75, 3.05) is 35.0 Å². The molecule has 2 N–H and O–H groups in total. The van der Waals surface area contributed by atoms with Crippen molar-refractivity contribution in [3.05, 3.63) is 47.5 Å². The minimum atomic E-state index is -0.783. The maximum absolute atomic E-state index is 11.1. The summed E-state index contributed by atoms with van der Waals surface area (Å²) in [5, 5.41) is 20.4.